The summed E-state index contributed by atoms with van der Waals surface area (Å²) in [5.41, 5.74) is 1.41. The molecule has 2 N–H and O–H groups in total. The minimum absolute atomic E-state index is 0. The van der Waals surface area contributed by atoms with Gasteiger partial charge in [-0.3, -0.25) is 9.79 Å². The highest BCUT2D eigenvalue weighted by Gasteiger charge is 2.28. The molecule has 0 radical (unpaired) electrons. The van der Waals surface area contributed by atoms with Crippen LogP contribution in [0.5, 0.6) is 5.75 Å². The third-order valence-electron chi connectivity index (χ3n) is 3.61. The summed E-state index contributed by atoms with van der Waals surface area (Å²) in [6.07, 6.45) is -2.60. The molecule has 0 fully saturated rings. The molecule has 0 amide bonds. The SMILES string of the molecule is CN=C(NCCCCC(=O)OC)NCc1ccc(C)cc1OCC(F)(F)F.I. The molecule has 0 bridgehead atoms. The van der Waals surface area contributed by atoms with E-state index in [0.717, 1.165) is 12.0 Å². The van der Waals surface area contributed by atoms with Crippen molar-refractivity contribution in [3.05, 3.63) is 29.3 Å². The number of ether oxygens (including phenoxy) is 2. The fourth-order valence-electron chi connectivity index (χ4n) is 2.20. The van der Waals surface area contributed by atoms with E-state index in [9.17, 15) is 18.0 Å². The average Bonchev–Trinajstić information content (AvgIpc) is 2.62. The van der Waals surface area contributed by atoms with Crippen LogP contribution in [0.1, 0.15) is 30.4 Å². The monoisotopic (exact) mass is 517 g/mol. The Labute approximate surface area is 180 Å². The quantitative estimate of drug-likeness (QED) is 0.172. The van der Waals surface area contributed by atoms with Crippen LogP contribution in [0.15, 0.2) is 23.2 Å². The van der Waals surface area contributed by atoms with Crippen molar-refractivity contribution in [2.24, 2.45) is 4.99 Å². The molecule has 0 aliphatic carbocycles. The van der Waals surface area contributed by atoms with Crippen molar-refractivity contribution < 1.29 is 27.4 Å². The molecule has 28 heavy (non-hydrogen) atoms. The molecule has 0 atom stereocenters. The maximum atomic E-state index is 12.4. The Morgan fingerprint density at radius 1 is 1.21 bits per heavy atom. The van der Waals surface area contributed by atoms with Gasteiger partial charge >= 0.3 is 12.1 Å². The summed E-state index contributed by atoms with van der Waals surface area (Å²) in [7, 11) is 2.95. The van der Waals surface area contributed by atoms with E-state index in [0.29, 0.717) is 30.9 Å². The highest BCUT2D eigenvalue weighted by molar-refractivity contribution is 14.0. The molecule has 0 saturated heterocycles. The number of hydrogen-bond donors (Lipinski definition) is 2. The van der Waals surface area contributed by atoms with Crippen LogP contribution in [0.25, 0.3) is 0 Å². The van der Waals surface area contributed by atoms with Gasteiger partial charge in [-0.25, -0.2) is 0 Å². The van der Waals surface area contributed by atoms with Gasteiger partial charge in [-0.15, -0.1) is 24.0 Å². The standard InChI is InChI=1S/C18H26F3N3O3.HI/c1-13-7-8-14(15(10-13)27-12-18(19,20)21)11-24-17(22-2)23-9-5-4-6-16(25)26-3;/h7-8,10H,4-6,9,11-12H2,1-3H3,(H2,22,23,24);1H. The normalized spacial score (nSPS) is 11.4. The molecule has 0 heterocycles. The topological polar surface area (TPSA) is 72.0 Å². The first-order valence-electron chi connectivity index (χ1n) is 8.55. The molecule has 160 valence electrons. The lowest BCUT2D eigenvalue weighted by atomic mass is 10.1. The first kappa shape index (κ1) is 26.3. The third-order valence-corrected chi connectivity index (χ3v) is 3.61. The van der Waals surface area contributed by atoms with E-state index in [2.05, 4.69) is 20.4 Å². The molecule has 0 aliphatic rings. The van der Waals surface area contributed by atoms with Crippen LogP contribution in [-0.4, -0.2) is 45.4 Å². The van der Waals surface area contributed by atoms with E-state index in [1.165, 1.54) is 7.11 Å². The van der Waals surface area contributed by atoms with Crippen LogP contribution >= 0.6 is 24.0 Å². The molecule has 10 heteroatoms. The minimum Gasteiger partial charge on any atom is -0.484 e. The number of alkyl halides is 3. The lowest BCUT2D eigenvalue weighted by Crippen LogP contribution is -2.37. The number of aryl methyl sites for hydroxylation is 1. The number of guanidine groups is 1. The number of nitrogens with one attached hydrogen (secondary N) is 2. The Kier molecular flexibility index (Phi) is 12.6. The number of nitrogens with zero attached hydrogens (tertiary/aromatic N) is 1. The summed E-state index contributed by atoms with van der Waals surface area (Å²) < 4.78 is 46.7. The van der Waals surface area contributed by atoms with Gasteiger partial charge in [0.15, 0.2) is 12.6 Å². The van der Waals surface area contributed by atoms with Crippen LogP contribution in [0.3, 0.4) is 0 Å². The molecule has 6 nitrogen and oxygen atoms in total. The summed E-state index contributed by atoms with van der Waals surface area (Å²) in [6, 6.07) is 5.10. The summed E-state index contributed by atoms with van der Waals surface area (Å²) in [5, 5.41) is 6.12. The Morgan fingerprint density at radius 2 is 1.93 bits per heavy atom. The van der Waals surface area contributed by atoms with E-state index in [4.69, 9.17) is 4.74 Å². The second kappa shape index (κ2) is 13.5. The number of halogens is 4. The predicted octanol–water partition coefficient (Wildman–Crippen LogP) is 3.56. The van der Waals surface area contributed by atoms with E-state index >= 15 is 0 Å². The number of aliphatic imine (C=N–C) groups is 1. The maximum absolute atomic E-state index is 12.4. The summed E-state index contributed by atoms with van der Waals surface area (Å²) in [6.45, 7) is 1.31. The smallest absolute Gasteiger partial charge is 0.422 e. The zero-order valence-electron chi connectivity index (χ0n) is 16.2. The van der Waals surface area contributed by atoms with Gasteiger partial charge in [0.1, 0.15) is 5.75 Å². The van der Waals surface area contributed by atoms with Gasteiger partial charge in [0.05, 0.1) is 7.11 Å². The number of carbonyl (C=O) groups is 1. The fraction of sp³-hybridized carbons (Fsp3) is 0.556. The van der Waals surface area contributed by atoms with Gasteiger partial charge in [0.25, 0.3) is 0 Å². The van der Waals surface area contributed by atoms with Crippen LogP contribution in [0, 0.1) is 6.92 Å². The van der Waals surface area contributed by atoms with Crippen LogP contribution in [0.2, 0.25) is 0 Å². The molecule has 0 spiro atoms. The Hall–Kier alpha value is -1.72. The van der Waals surface area contributed by atoms with Gasteiger partial charge in [-0.2, -0.15) is 13.2 Å². The van der Waals surface area contributed by atoms with E-state index < -0.39 is 12.8 Å². The number of methoxy groups -OCH3 is 1. The molecule has 0 aromatic heterocycles. The van der Waals surface area contributed by atoms with Crippen LogP contribution < -0.4 is 15.4 Å². The van der Waals surface area contributed by atoms with Crippen molar-refractivity contribution in [3.63, 3.8) is 0 Å². The number of benzene rings is 1. The molecular formula is C18H27F3IN3O3. The number of esters is 1. The molecular weight excluding hydrogens is 490 g/mol. The zero-order valence-corrected chi connectivity index (χ0v) is 18.5. The average molecular weight is 517 g/mol. The first-order valence-corrected chi connectivity index (χ1v) is 8.55. The van der Waals surface area contributed by atoms with Crippen LogP contribution in [0.4, 0.5) is 13.2 Å². The Bertz CT molecular complexity index is 640. The van der Waals surface area contributed by atoms with Crippen LogP contribution in [-0.2, 0) is 16.1 Å². The second-order valence-electron chi connectivity index (χ2n) is 5.90. The van der Waals surface area contributed by atoms with Crippen molar-refractivity contribution in [1.82, 2.24) is 10.6 Å². The van der Waals surface area contributed by atoms with Crippen molar-refractivity contribution in [1.29, 1.82) is 0 Å². The predicted molar refractivity (Wildman–Crippen MR) is 112 cm³/mol. The summed E-state index contributed by atoms with van der Waals surface area (Å²) in [4.78, 5) is 15.1. The van der Waals surface area contributed by atoms with Gasteiger partial charge in [-0.1, -0.05) is 12.1 Å². The largest absolute Gasteiger partial charge is 0.484 e. The Morgan fingerprint density at radius 3 is 2.54 bits per heavy atom. The minimum atomic E-state index is -4.39. The third kappa shape index (κ3) is 11.2. The lowest BCUT2D eigenvalue weighted by molar-refractivity contribution is -0.153. The number of carbonyl (C=O) groups excluding carboxylic acids is 1. The number of hydrogen-bond acceptors (Lipinski definition) is 4. The van der Waals surface area contributed by atoms with Gasteiger partial charge in [-0.05, 0) is 31.4 Å². The molecule has 1 aromatic rings. The van der Waals surface area contributed by atoms with Crippen molar-refractivity contribution in [3.8, 4) is 5.75 Å². The molecule has 0 aliphatic heterocycles. The van der Waals surface area contributed by atoms with E-state index in [-0.39, 0.29) is 42.2 Å². The van der Waals surface area contributed by atoms with Gasteiger partial charge in [0.2, 0.25) is 0 Å². The summed E-state index contributed by atoms with van der Waals surface area (Å²) in [5.74, 6) is 0.451. The van der Waals surface area contributed by atoms with Crippen molar-refractivity contribution in [2.75, 3.05) is 27.3 Å². The number of rotatable bonds is 9. The van der Waals surface area contributed by atoms with Gasteiger partial charge < -0.3 is 20.1 Å². The van der Waals surface area contributed by atoms with Gasteiger partial charge in [0, 0.05) is 32.1 Å². The van der Waals surface area contributed by atoms with Crippen molar-refractivity contribution in [2.45, 2.75) is 38.9 Å². The molecule has 0 saturated carbocycles. The zero-order chi connectivity index (χ0) is 20.3. The first-order chi connectivity index (χ1) is 12.7. The highest BCUT2D eigenvalue weighted by Crippen LogP contribution is 2.23. The fourth-order valence-corrected chi connectivity index (χ4v) is 2.20. The highest BCUT2D eigenvalue weighted by atomic mass is 127. The maximum Gasteiger partial charge on any atom is 0.422 e. The van der Waals surface area contributed by atoms with E-state index in [1.54, 1.807) is 32.2 Å². The van der Waals surface area contributed by atoms with Crippen molar-refractivity contribution >= 4 is 35.9 Å². The molecule has 1 rings (SSSR count). The molecule has 0 unspecified atom stereocenters. The Balaban J connectivity index is 0.00000729. The second-order valence-corrected chi connectivity index (χ2v) is 5.90. The lowest BCUT2D eigenvalue weighted by Gasteiger charge is -2.16. The summed E-state index contributed by atoms with van der Waals surface area (Å²) >= 11 is 0. The number of unbranched alkanes of at least 4 members (excludes halogenated alkanes) is 1. The molecule has 1 aromatic carbocycles. The van der Waals surface area contributed by atoms with E-state index in [1.807, 2.05) is 0 Å².